The van der Waals surface area contributed by atoms with Crippen LogP contribution in [0.4, 0.5) is 5.69 Å². The van der Waals surface area contributed by atoms with Crippen LogP contribution in [0, 0.1) is 0 Å². The molecule has 0 aliphatic rings. The first-order chi connectivity index (χ1) is 5.24. The Balaban J connectivity index is 3.05. The van der Waals surface area contributed by atoms with E-state index in [1.807, 2.05) is 0 Å². The summed E-state index contributed by atoms with van der Waals surface area (Å²) in [7, 11) is 0. The highest BCUT2D eigenvalue weighted by Crippen LogP contribution is 2.26. The zero-order valence-corrected chi connectivity index (χ0v) is 7.53. The molecule has 0 aromatic heterocycles. The van der Waals surface area contributed by atoms with Gasteiger partial charge in [-0.25, -0.2) is 0 Å². The average molecular weight is 209 g/mol. The quantitative estimate of drug-likeness (QED) is 0.618. The molecule has 0 heterocycles. The molecule has 0 spiro atoms. The van der Waals surface area contributed by atoms with Gasteiger partial charge in [-0.2, -0.15) is 0 Å². The molecule has 58 valence electrons. The molecule has 0 aliphatic heterocycles. The number of hydrogen-bond acceptors (Lipinski definition) is 2. The Hall–Kier alpha value is -0.310. The summed E-state index contributed by atoms with van der Waals surface area (Å²) in [6.45, 7) is 0. The van der Waals surface area contributed by atoms with Gasteiger partial charge in [-0.3, -0.25) is 0 Å². The van der Waals surface area contributed by atoms with Crippen molar-refractivity contribution < 1.29 is 0 Å². The lowest BCUT2D eigenvalue weighted by molar-refractivity contribution is 1.33. The maximum atomic E-state index is 5.67. The minimum atomic E-state index is 0.438. The third kappa shape index (κ3) is 2.33. The molecule has 0 saturated carbocycles. The topological polar surface area (TPSA) is 24.7 Å². The highest BCUT2D eigenvalue weighted by Gasteiger charge is 1.97. The number of benzene rings is 1. The molecule has 0 atom stereocenters. The molecule has 0 amide bonds. The standard InChI is InChI=1S/C6H3Cl3N2/c7-5-2-1-4(10-11-9)3-6(5)8/h1-3H. The Morgan fingerprint density at radius 3 is 2.36 bits per heavy atom. The van der Waals surface area contributed by atoms with Gasteiger partial charge < -0.3 is 0 Å². The monoisotopic (exact) mass is 208 g/mol. The number of halogens is 3. The van der Waals surface area contributed by atoms with Crippen molar-refractivity contribution in [3.05, 3.63) is 28.2 Å². The Kier molecular flexibility index (Phi) is 3.12. The van der Waals surface area contributed by atoms with Gasteiger partial charge >= 0.3 is 0 Å². The second-order valence-corrected chi connectivity index (χ2v) is 2.74. The van der Waals surface area contributed by atoms with Crippen LogP contribution < -0.4 is 0 Å². The Morgan fingerprint density at radius 1 is 1.09 bits per heavy atom. The van der Waals surface area contributed by atoms with Crippen molar-refractivity contribution in [3.8, 4) is 0 Å². The van der Waals surface area contributed by atoms with Crippen molar-refractivity contribution in [2.45, 2.75) is 0 Å². The zero-order chi connectivity index (χ0) is 8.27. The summed E-state index contributed by atoms with van der Waals surface area (Å²) in [6.07, 6.45) is 0. The Bertz CT molecular complexity index is 285. The molecule has 1 aromatic carbocycles. The van der Waals surface area contributed by atoms with Crippen molar-refractivity contribution in [1.82, 2.24) is 0 Å². The van der Waals surface area contributed by atoms with Gasteiger partial charge in [0.2, 0.25) is 0 Å². The van der Waals surface area contributed by atoms with Gasteiger partial charge in [-0.1, -0.05) is 27.8 Å². The molecule has 2 nitrogen and oxygen atoms in total. The first kappa shape index (κ1) is 8.78. The molecule has 0 saturated heterocycles. The molecule has 1 rings (SSSR count). The van der Waals surface area contributed by atoms with Crippen LogP contribution in [-0.2, 0) is 0 Å². The fourth-order valence-corrected chi connectivity index (χ4v) is 0.971. The second kappa shape index (κ2) is 3.90. The van der Waals surface area contributed by atoms with Gasteiger partial charge in [0.05, 0.1) is 27.5 Å². The van der Waals surface area contributed by atoms with E-state index in [4.69, 9.17) is 35.0 Å². The van der Waals surface area contributed by atoms with Crippen LogP contribution in [0.15, 0.2) is 27.9 Å². The summed E-state index contributed by atoms with van der Waals surface area (Å²) in [5.74, 6) is 0. The molecule has 5 heteroatoms. The van der Waals surface area contributed by atoms with Crippen LogP contribution in [0.3, 0.4) is 0 Å². The normalized spacial score (nSPS) is 10.8. The summed E-state index contributed by atoms with van der Waals surface area (Å²) in [5, 5.41) is 4.48. The Morgan fingerprint density at radius 2 is 1.82 bits per heavy atom. The SMILES string of the molecule is ClN=Nc1ccc(Cl)c(Cl)c1. The minimum Gasteiger partial charge on any atom is -0.138 e. The summed E-state index contributed by atoms with van der Waals surface area (Å²) in [4.78, 5) is 0. The highest BCUT2D eigenvalue weighted by atomic mass is 35.5. The minimum absolute atomic E-state index is 0.438. The lowest BCUT2D eigenvalue weighted by Crippen LogP contribution is -1.66. The third-order valence-corrected chi connectivity index (χ3v) is 1.87. The lowest BCUT2D eigenvalue weighted by Gasteiger charge is -1.94. The number of hydrogen-bond donors (Lipinski definition) is 0. The van der Waals surface area contributed by atoms with Gasteiger partial charge in [0, 0.05) is 0 Å². The fourth-order valence-electron chi connectivity index (χ4n) is 0.591. The van der Waals surface area contributed by atoms with Gasteiger partial charge in [0.1, 0.15) is 0 Å². The molecule has 0 bridgehead atoms. The molecular formula is C6H3Cl3N2. The summed E-state index contributed by atoms with van der Waals surface area (Å²) >= 11 is 16.3. The fraction of sp³-hybridized carbons (Fsp3) is 0. The van der Waals surface area contributed by atoms with E-state index < -0.39 is 0 Å². The molecule has 0 aliphatic carbocycles. The average Bonchev–Trinajstić information content (AvgIpc) is 1.98. The molecule has 0 N–H and O–H groups in total. The number of rotatable bonds is 1. The van der Waals surface area contributed by atoms with Crippen molar-refractivity contribution in [2.24, 2.45) is 9.75 Å². The predicted octanol–water partition coefficient (Wildman–Crippen LogP) is 4.23. The van der Waals surface area contributed by atoms with Crippen molar-refractivity contribution in [2.75, 3.05) is 0 Å². The summed E-state index contributed by atoms with van der Waals surface area (Å²) in [5.41, 5.74) is 0.578. The maximum Gasteiger partial charge on any atom is 0.0883 e. The van der Waals surface area contributed by atoms with Gasteiger partial charge in [-0.15, -0.1) is 5.11 Å². The van der Waals surface area contributed by atoms with Crippen LogP contribution in [0.25, 0.3) is 0 Å². The van der Waals surface area contributed by atoms with Crippen molar-refractivity contribution in [1.29, 1.82) is 0 Å². The van der Waals surface area contributed by atoms with Crippen LogP contribution in [-0.4, -0.2) is 0 Å². The van der Waals surface area contributed by atoms with E-state index in [2.05, 4.69) is 9.75 Å². The van der Waals surface area contributed by atoms with E-state index in [0.29, 0.717) is 15.7 Å². The molecule has 0 unspecified atom stereocenters. The third-order valence-electron chi connectivity index (χ3n) is 1.06. The second-order valence-electron chi connectivity index (χ2n) is 1.77. The van der Waals surface area contributed by atoms with E-state index >= 15 is 0 Å². The van der Waals surface area contributed by atoms with E-state index in [1.54, 1.807) is 18.2 Å². The zero-order valence-electron chi connectivity index (χ0n) is 5.26. The highest BCUT2D eigenvalue weighted by molar-refractivity contribution is 6.42. The van der Waals surface area contributed by atoms with Crippen LogP contribution >= 0.6 is 35.0 Å². The van der Waals surface area contributed by atoms with E-state index in [-0.39, 0.29) is 0 Å². The molecular weight excluding hydrogens is 206 g/mol. The smallest absolute Gasteiger partial charge is 0.0883 e. The molecule has 11 heavy (non-hydrogen) atoms. The van der Waals surface area contributed by atoms with Gasteiger partial charge in [0.25, 0.3) is 0 Å². The first-order valence-electron chi connectivity index (χ1n) is 2.71. The summed E-state index contributed by atoms with van der Waals surface area (Å²) in [6, 6.07) is 4.88. The van der Waals surface area contributed by atoms with Crippen molar-refractivity contribution >= 4 is 40.7 Å². The van der Waals surface area contributed by atoms with Gasteiger partial charge in [-0.05, 0) is 18.2 Å². The lowest BCUT2D eigenvalue weighted by atomic mass is 10.3. The maximum absolute atomic E-state index is 5.67. The molecule has 0 radical (unpaired) electrons. The van der Waals surface area contributed by atoms with E-state index in [0.717, 1.165) is 0 Å². The predicted molar refractivity (Wildman–Crippen MR) is 46.8 cm³/mol. The largest absolute Gasteiger partial charge is 0.138 e. The van der Waals surface area contributed by atoms with Gasteiger partial charge in [0.15, 0.2) is 0 Å². The first-order valence-corrected chi connectivity index (χ1v) is 3.80. The van der Waals surface area contributed by atoms with E-state index in [9.17, 15) is 0 Å². The van der Waals surface area contributed by atoms with Crippen molar-refractivity contribution in [3.63, 3.8) is 0 Å². The van der Waals surface area contributed by atoms with Crippen LogP contribution in [0.5, 0.6) is 0 Å². The van der Waals surface area contributed by atoms with Crippen LogP contribution in [0.1, 0.15) is 0 Å². The van der Waals surface area contributed by atoms with E-state index in [1.165, 1.54) is 0 Å². The Labute approximate surface area is 78.9 Å². The van der Waals surface area contributed by atoms with Crippen LogP contribution in [0.2, 0.25) is 10.0 Å². The molecule has 1 aromatic rings. The molecule has 0 fully saturated rings. The summed E-state index contributed by atoms with van der Waals surface area (Å²) < 4.78 is 3.07. The number of nitrogens with zero attached hydrogens (tertiary/aromatic N) is 2.